The van der Waals surface area contributed by atoms with E-state index in [0.29, 0.717) is 12.2 Å². The Hall–Kier alpha value is -2.15. The molecule has 104 valence electrons. The molecule has 0 bridgehead atoms. The van der Waals surface area contributed by atoms with Crippen molar-refractivity contribution >= 4 is 11.7 Å². The molecule has 0 aromatic heterocycles. The van der Waals surface area contributed by atoms with Crippen LogP contribution < -0.4 is 4.74 Å². The maximum Gasteiger partial charge on any atom is 0.303 e. The number of aliphatic hydroxyl groups is 1. The lowest BCUT2D eigenvalue weighted by Crippen LogP contribution is -2.04. The molecule has 1 rings (SSSR count). The Morgan fingerprint density at radius 2 is 2.21 bits per heavy atom. The standard InChI is InChI=1S/C12H15NO6/c1-8(14)10-7-9(4-5-11(10)13(17)18)19-6-2-3-12(15)16/h4-5,7-8,14H,2-3,6H2,1H3,(H,15,16). The molecule has 1 aromatic rings. The Morgan fingerprint density at radius 1 is 1.53 bits per heavy atom. The molecule has 0 spiro atoms. The van der Waals surface area contributed by atoms with E-state index in [1.807, 2.05) is 0 Å². The molecule has 0 heterocycles. The normalized spacial score (nSPS) is 11.9. The smallest absolute Gasteiger partial charge is 0.303 e. The molecule has 0 saturated heterocycles. The van der Waals surface area contributed by atoms with E-state index in [0.717, 1.165) is 0 Å². The number of carboxylic acid groups (broad SMARTS) is 1. The van der Waals surface area contributed by atoms with Crippen LogP contribution in [-0.2, 0) is 4.79 Å². The Morgan fingerprint density at radius 3 is 2.74 bits per heavy atom. The number of benzene rings is 1. The van der Waals surface area contributed by atoms with Crippen LogP contribution in [0.15, 0.2) is 18.2 Å². The van der Waals surface area contributed by atoms with Gasteiger partial charge in [-0.15, -0.1) is 0 Å². The van der Waals surface area contributed by atoms with E-state index in [2.05, 4.69) is 0 Å². The van der Waals surface area contributed by atoms with Crippen LogP contribution in [0.1, 0.15) is 31.4 Å². The molecule has 1 unspecified atom stereocenters. The fourth-order valence-electron chi connectivity index (χ4n) is 1.54. The van der Waals surface area contributed by atoms with Crippen LogP contribution in [0.25, 0.3) is 0 Å². The average Bonchev–Trinajstić information content (AvgIpc) is 2.33. The number of aliphatic carboxylic acids is 1. The van der Waals surface area contributed by atoms with Crippen LogP contribution in [0.4, 0.5) is 5.69 Å². The number of carbonyl (C=O) groups is 1. The molecule has 1 atom stereocenters. The third-order valence-corrected chi connectivity index (χ3v) is 2.45. The summed E-state index contributed by atoms with van der Waals surface area (Å²) in [6.45, 7) is 1.62. The van der Waals surface area contributed by atoms with Gasteiger partial charge in [0.1, 0.15) is 5.75 Å². The van der Waals surface area contributed by atoms with Crippen LogP contribution in [-0.4, -0.2) is 27.7 Å². The lowest BCUT2D eigenvalue weighted by Gasteiger charge is -2.09. The van der Waals surface area contributed by atoms with Gasteiger partial charge in [0.25, 0.3) is 5.69 Å². The van der Waals surface area contributed by atoms with E-state index in [4.69, 9.17) is 9.84 Å². The second kappa shape index (κ2) is 6.69. The number of nitro benzene ring substituents is 1. The number of hydrogen-bond donors (Lipinski definition) is 2. The fraction of sp³-hybridized carbons (Fsp3) is 0.417. The van der Waals surface area contributed by atoms with E-state index in [-0.39, 0.29) is 24.3 Å². The van der Waals surface area contributed by atoms with Crippen LogP contribution >= 0.6 is 0 Å². The molecule has 0 aliphatic rings. The van der Waals surface area contributed by atoms with Gasteiger partial charge in [-0.1, -0.05) is 0 Å². The summed E-state index contributed by atoms with van der Waals surface area (Å²) >= 11 is 0. The Bertz CT molecular complexity index is 471. The summed E-state index contributed by atoms with van der Waals surface area (Å²) in [6, 6.07) is 4.07. The van der Waals surface area contributed by atoms with Gasteiger partial charge in [-0.3, -0.25) is 14.9 Å². The number of hydrogen-bond acceptors (Lipinski definition) is 5. The van der Waals surface area contributed by atoms with Gasteiger partial charge in [-0.25, -0.2) is 0 Å². The van der Waals surface area contributed by atoms with Gasteiger partial charge in [0.05, 0.1) is 23.2 Å². The quantitative estimate of drug-likeness (QED) is 0.444. The highest BCUT2D eigenvalue weighted by Gasteiger charge is 2.18. The highest BCUT2D eigenvalue weighted by molar-refractivity contribution is 5.66. The number of ether oxygens (including phenoxy) is 1. The van der Waals surface area contributed by atoms with Crippen LogP contribution in [0, 0.1) is 10.1 Å². The predicted molar refractivity (Wildman–Crippen MR) is 66.1 cm³/mol. The minimum Gasteiger partial charge on any atom is -0.494 e. The van der Waals surface area contributed by atoms with Crippen molar-refractivity contribution in [3.05, 3.63) is 33.9 Å². The molecule has 7 nitrogen and oxygen atoms in total. The van der Waals surface area contributed by atoms with E-state index in [9.17, 15) is 20.0 Å². The van der Waals surface area contributed by atoms with E-state index >= 15 is 0 Å². The van der Waals surface area contributed by atoms with Crippen molar-refractivity contribution in [2.24, 2.45) is 0 Å². The molecule has 0 radical (unpaired) electrons. The van der Waals surface area contributed by atoms with Gasteiger partial charge in [0, 0.05) is 12.5 Å². The summed E-state index contributed by atoms with van der Waals surface area (Å²) in [5, 5.41) is 28.7. The van der Waals surface area contributed by atoms with Crippen molar-refractivity contribution in [3.63, 3.8) is 0 Å². The maximum absolute atomic E-state index is 10.8. The molecular weight excluding hydrogens is 254 g/mol. The highest BCUT2D eigenvalue weighted by Crippen LogP contribution is 2.29. The molecule has 1 aromatic carbocycles. The monoisotopic (exact) mass is 269 g/mol. The van der Waals surface area contributed by atoms with Crippen LogP contribution in [0.2, 0.25) is 0 Å². The van der Waals surface area contributed by atoms with Crippen LogP contribution in [0.3, 0.4) is 0 Å². The Balaban J connectivity index is 2.73. The van der Waals surface area contributed by atoms with Crippen molar-refractivity contribution in [1.29, 1.82) is 0 Å². The lowest BCUT2D eigenvalue weighted by molar-refractivity contribution is -0.386. The summed E-state index contributed by atoms with van der Waals surface area (Å²) in [5.74, 6) is -0.538. The summed E-state index contributed by atoms with van der Waals surface area (Å²) in [7, 11) is 0. The molecule has 0 fully saturated rings. The summed E-state index contributed by atoms with van der Waals surface area (Å²) in [4.78, 5) is 20.5. The minimum atomic E-state index is -0.983. The van der Waals surface area contributed by atoms with Crippen LogP contribution in [0.5, 0.6) is 5.75 Å². The maximum atomic E-state index is 10.8. The van der Waals surface area contributed by atoms with Crippen molar-refractivity contribution in [2.45, 2.75) is 25.9 Å². The van der Waals surface area contributed by atoms with Gasteiger partial charge in [0.15, 0.2) is 0 Å². The molecule has 0 aliphatic carbocycles. The van der Waals surface area contributed by atoms with Gasteiger partial charge in [-0.2, -0.15) is 0 Å². The molecule has 7 heteroatoms. The number of nitrogens with zero attached hydrogens (tertiary/aromatic N) is 1. The highest BCUT2D eigenvalue weighted by atomic mass is 16.6. The largest absolute Gasteiger partial charge is 0.494 e. The molecule has 0 saturated carbocycles. The molecule has 0 aliphatic heterocycles. The first-order valence-electron chi connectivity index (χ1n) is 5.73. The van der Waals surface area contributed by atoms with E-state index in [1.165, 1.54) is 25.1 Å². The average molecular weight is 269 g/mol. The zero-order valence-corrected chi connectivity index (χ0v) is 10.4. The first kappa shape index (κ1) is 14.9. The second-order valence-electron chi connectivity index (χ2n) is 4.00. The molecule has 19 heavy (non-hydrogen) atoms. The lowest BCUT2D eigenvalue weighted by atomic mass is 10.1. The van der Waals surface area contributed by atoms with Gasteiger partial charge < -0.3 is 14.9 Å². The predicted octanol–water partition coefficient (Wildman–Crippen LogP) is 1.89. The minimum absolute atomic E-state index is 0.00373. The molecule has 2 N–H and O–H groups in total. The number of aliphatic hydroxyl groups excluding tert-OH is 1. The first-order valence-corrected chi connectivity index (χ1v) is 5.73. The summed E-state index contributed by atoms with van der Waals surface area (Å²) < 4.78 is 5.28. The molecular formula is C12H15NO6. The van der Waals surface area contributed by atoms with Gasteiger partial charge in [0.2, 0.25) is 0 Å². The zero-order valence-electron chi connectivity index (χ0n) is 10.4. The van der Waals surface area contributed by atoms with Crippen molar-refractivity contribution in [3.8, 4) is 5.75 Å². The SMILES string of the molecule is CC(O)c1cc(OCCCC(=O)O)ccc1[N+](=O)[O-]. The Labute approximate surface area is 109 Å². The van der Waals surface area contributed by atoms with E-state index < -0.39 is 17.0 Å². The zero-order chi connectivity index (χ0) is 14.4. The van der Waals surface area contributed by atoms with E-state index in [1.54, 1.807) is 0 Å². The second-order valence-corrected chi connectivity index (χ2v) is 4.00. The van der Waals surface area contributed by atoms with Crippen molar-refractivity contribution in [1.82, 2.24) is 0 Å². The number of rotatable bonds is 7. The summed E-state index contributed by atoms with van der Waals surface area (Å²) in [5.41, 5.74) is -0.00591. The Kier molecular flexibility index (Phi) is 5.25. The fourth-order valence-corrected chi connectivity index (χ4v) is 1.54. The number of nitro groups is 1. The topological polar surface area (TPSA) is 110 Å². The third kappa shape index (κ3) is 4.55. The first-order chi connectivity index (χ1) is 8.91. The van der Waals surface area contributed by atoms with Gasteiger partial charge in [-0.05, 0) is 25.5 Å². The van der Waals surface area contributed by atoms with Crippen molar-refractivity contribution in [2.75, 3.05) is 6.61 Å². The number of carboxylic acids is 1. The third-order valence-electron chi connectivity index (χ3n) is 2.45. The van der Waals surface area contributed by atoms with Gasteiger partial charge >= 0.3 is 5.97 Å². The summed E-state index contributed by atoms with van der Waals surface area (Å²) in [6.07, 6.45) is -0.644. The van der Waals surface area contributed by atoms with Crippen molar-refractivity contribution < 1.29 is 24.7 Å². The molecule has 0 amide bonds.